The van der Waals surface area contributed by atoms with E-state index in [1.807, 2.05) is 6.92 Å². The van der Waals surface area contributed by atoms with Crippen molar-refractivity contribution in [2.75, 3.05) is 6.61 Å². The molecule has 114 valence electrons. The van der Waals surface area contributed by atoms with Gasteiger partial charge in [0.2, 0.25) is 0 Å². The molecule has 0 aliphatic carbocycles. The van der Waals surface area contributed by atoms with Gasteiger partial charge in [0.25, 0.3) is 0 Å². The second-order valence-corrected chi connectivity index (χ2v) is 6.02. The largest absolute Gasteiger partial charge is 0.377 e. The number of ether oxygens (including phenoxy) is 1. The first-order valence-electron chi connectivity index (χ1n) is 7.55. The summed E-state index contributed by atoms with van der Waals surface area (Å²) >= 11 is 0. The average Bonchev–Trinajstić information content (AvgIpc) is 2.35. The molecule has 0 saturated carbocycles. The molecule has 0 aromatic heterocycles. The van der Waals surface area contributed by atoms with Crippen molar-refractivity contribution in [2.45, 2.75) is 60.1 Å². The van der Waals surface area contributed by atoms with Gasteiger partial charge in [-0.25, -0.2) is 0 Å². The molecule has 0 fully saturated rings. The summed E-state index contributed by atoms with van der Waals surface area (Å²) in [5.74, 6) is 6.22. The Bertz CT molecular complexity index is 406. The van der Waals surface area contributed by atoms with E-state index < -0.39 is 0 Å². The van der Waals surface area contributed by atoms with E-state index in [1.54, 1.807) is 0 Å². The first kappa shape index (κ1) is 17.2. The van der Waals surface area contributed by atoms with Crippen LogP contribution >= 0.6 is 0 Å². The molecule has 0 saturated heterocycles. The van der Waals surface area contributed by atoms with Gasteiger partial charge in [0, 0.05) is 6.61 Å². The van der Waals surface area contributed by atoms with E-state index in [9.17, 15) is 0 Å². The van der Waals surface area contributed by atoms with Crippen LogP contribution in [0.4, 0.5) is 0 Å². The Morgan fingerprint density at radius 3 is 2.10 bits per heavy atom. The maximum absolute atomic E-state index is 5.89. The van der Waals surface area contributed by atoms with Gasteiger partial charge >= 0.3 is 0 Å². The third-order valence-electron chi connectivity index (χ3n) is 3.89. The van der Waals surface area contributed by atoms with E-state index in [2.05, 4.69) is 52.2 Å². The smallest absolute Gasteiger partial charge is 0.0767 e. The second kappa shape index (κ2) is 7.77. The van der Waals surface area contributed by atoms with E-state index in [0.717, 1.165) is 6.42 Å². The van der Waals surface area contributed by atoms with Crippen LogP contribution < -0.4 is 11.3 Å². The summed E-state index contributed by atoms with van der Waals surface area (Å²) in [7, 11) is 0. The molecule has 0 aliphatic heterocycles. The highest BCUT2D eigenvalue weighted by Gasteiger charge is 2.25. The predicted molar refractivity (Wildman–Crippen MR) is 85.7 cm³/mol. The minimum atomic E-state index is 0.130. The Hall–Kier alpha value is -0.900. The zero-order valence-electron chi connectivity index (χ0n) is 13.8. The van der Waals surface area contributed by atoms with Crippen LogP contribution in [-0.4, -0.2) is 18.8 Å². The zero-order chi connectivity index (χ0) is 15.3. The summed E-state index contributed by atoms with van der Waals surface area (Å²) in [6.45, 7) is 13.6. The molecule has 3 N–H and O–H groups in total. The molecular formula is C17H30N2O. The van der Waals surface area contributed by atoms with Gasteiger partial charge in [0.15, 0.2) is 0 Å². The molecule has 0 aliphatic rings. The normalized spacial score (nSPS) is 14.6. The van der Waals surface area contributed by atoms with Crippen molar-refractivity contribution in [3.8, 4) is 0 Å². The molecule has 3 nitrogen and oxygen atoms in total. The minimum Gasteiger partial charge on any atom is -0.377 e. The molecule has 0 bridgehead atoms. The molecule has 0 spiro atoms. The van der Waals surface area contributed by atoms with Crippen molar-refractivity contribution in [3.63, 3.8) is 0 Å². The quantitative estimate of drug-likeness (QED) is 0.595. The van der Waals surface area contributed by atoms with E-state index in [4.69, 9.17) is 10.6 Å². The predicted octanol–water partition coefficient (Wildman–Crippen LogP) is 3.05. The summed E-state index contributed by atoms with van der Waals surface area (Å²) in [4.78, 5) is 0. The van der Waals surface area contributed by atoms with Gasteiger partial charge < -0.3 is 4.74 Å². The van der Waals surface area contributed by atoms with Crippen molar-refractivity contribution in [1.82, 2.24) is 5.43 Å². The van der Waals surface area contributed by atoms with Crippen LogP contribution in [0.15, 0.2) is 12.1 Å². The molecule has 0 amide bonds. The lowest BCUT2D eigenvalue weighted by Crippen LogP contribution is -2.49. The number of hydrazine groups is 1. The fraction of sp³-hybridized carbons (Fsp3) is 0.647. The van der Waals surface area contributed by atoms with Crippen molar-refractivity contribution in [2.24, 2.45) is 11.8 Å². The highest BCUT2D eigenvalue weighted by Crippen LogP contribution is 2.21. The lowest BCUT2D eigenvalue weighted by molar-refractivity contribution is 0.00350. The van der Waals surface area contributed by atoms with E-state index in [0.29, 0.717) is 12.5 Å². The van der Waals surface area contributed by atoms with Crippen molar-refractivity contribution >= 4 is 0 Å². The van der Waals surface area contributed by atoms with Crippen LogP contribution in [0.25, 0.3) is 0 Å². The summed E-state index contributed by atoms with van der Waals surface area (Å²) in [6.07, 6.45) is 1.03. The van der Waals surface area contributed by atoms with Crippen molar-refractivity contribution < 1.29 is 4.74 Å². The summed E-state index contributed by atoms with van der Waals surface area (Å²) in [6, 6.07) is 4.61. The van der Waals surface area contributed by atoms with Gasteiger partial charge in [-0.15, -0.1) is 0 Å². The van der Waals surface area contributed by atoms with Crippen LogP contribution in [0.5, 0.6) is 0 Å². The van der Waals surface area contributed by atoms with Crippen LogP contribution in [0.3, 0.4) is 0 Å². The maximum atomic E-state index is 5.89. The van der Waals surface area contributed by atoms with Gasteiger partial charge in [-0.1, -0.05) is 31.5 Å². The highest BCUT2D eigenvalue weighted by molar-refractivity contribution is 5.38. The molecule has 1 aromatic carbocycles. The van der Waals surface area contributed by atoms with E-state index >= 15 is 0 Å². The SMILES string of the molecule is CCOC(C(C)C)C(Cc1c(C)cc(C)cc1C)NN. The number of hydrogen-bond acceptors (Lipinski definition) is 3. The fourth-order valence-electron chi connectivity index (χ4n) is 2.99. The molecule has 3 heteroatoms. The zero-order valence-corrected chi connectivity index (χ0v) is 13.8. The fourth-order valence-corrected chi connectivity index (χ4v) is 2.99. The van der Waals surface area contributed by atoms with Crippen LogP contribution in [0, 0.1) is 26.7 Å². The Kier molecular flexibility index (Phi) is 6.66. The third kappa shape index (κ3) is 4.30. The molecule has 1 rings (SSSR count). The number of benzene rings is 1. The highest BCUT2D eigenvalue weighted by atomic mass is 16.5. The third-order valence-corrected chi connectivity index (χ3v) is 3.89. The average molecular weight is 278 g/mol. The van der Waals surface area contributed by atoms with E-state index in [1.165, 1.54) is 22.3 Å². The molecule has 0 radical (unpaired) electrons. The van der Waals surface area contributed by atoms with Crippen LogP contribution in [0.2, 0.25) is 0 Å². The number of nitrogens with two attached hydrogens (primary N) is 1. The second-order valence-electron chi connectivity index (χ2n) is 6.02. The summed E-state index contributed by atoms with van der Waals surface area (Å²) in [5, 5.41) is 0. The number of rotatable bonds is 7. The van der Waals surface area contributed by atoms with Gasteiger partial charge in [0.05, 0.1) is 12.1 Å². The molecule has 2 atom stereocenters. The van der Waals surface area contributed by atoms with Gasteiger partial charge in [-0.3, -0.25) is 11.3 Å². The Morgan fingerprint density at radius 2 is 1.70 bits per heavy atom. The molecule has 2 unspecified atom stereocenters. The monoisotopic (exact) mass is 278 g/mol. The number of hydrogen-bond donors (Lipinski definition) is 2. The van der Waals surface area contributed by atoms with Gasteiger partial charge in [0.1, 0.15) is 0 Å². The molecule has 20 heavy (non-hydrogen) atoms. The Balaban J connectivity index is 2.98. The van der Waals surface area contributed by atoms with Crippen molar-refractivity contribution in [3.05, 3.63) is 34.4 Å². The molecular weight excluding hydrogens is 248 g/mol. The number of nitrogens with one attached hydrogen (secondary N) is 1. The first-order chi connectivity index (χ1) is 9.40. The standard InChI is InChI=1S/C17H30N2O/c1-7-20-17(11(2)3)16(19-18)10-15-13(5)8-12(4)9-14(15)6/h8-9,11,16-17,19H,7,10,18H2,1-6H3. The van der Waals surface area contributed by atoms with Crippen LogP contribution in [0.1, 0.15) is 43.0 Å². The van der Waals surface area contributed by atoms with Crippen LogP contribution in [-0.2, 0) is 11.2 Å². The maximum Gasteiger partial charge on any atom is 0.0767 e. The molecule has 0 heterocycles. The lowest BCUT2D eigenvalue weighted by atomic mass is 9.89. The van der Waals surface area contributed by atoms with Gasteiger partial charge in [-0.05, 0) is 56.7 Å². The van der Waals surface area contributed by atoms with Gasteiger partial charge in [-0.2, -0.15) is 0 Å². The molecule has 1 aromatic rings. The summed E-state index contributed by atoms with van der Waals surface area (Å²) in [5.41, 5.74) is 8.32. The summed E-state index contributed by atoms with van der Waals surface area (Å²) < 4.78 is 5.89. The Morgan fingerprint density at radius 1 is 1.15 bits per heavy atom. The number of aryl methyl sites for hydroxylation is 3. The topological polar surface area (TPSA) is 47.3 Å². The lowest BCUT2D eigenvalue weighted by Gasteiger charge is -2.30. The van der Waals surface area contributed by atoms with Crippen molar-refractivity contribution in [1.29, 1.82) is 0 Å². The van der Waals surface area contributed by atoms with E-state index in [-0.39, 0.29) is 12.1 Å². The first-order valence-corrected chi connectivity index (χ1v) is 7.55. The Labute approximate surface area is 123 Å². The minimum absolute atomic E-state index is 0.130.